The normalized spacial score (nSPS) is 31.5. The zero-order valence-corrected chi connectivity index (χ0v) is 9.30. The highest BCUT2D eigenvalue weighted by Crippen LogP contribution is 2.34. The standard InChI is InChI=1S/C11H13NO6/c13-4-7-8(14)9(15)10(18-7)5-1-2-12-3-6(5)11(16)17/h1-3,7-10,13-15H,4H2,(H,16,17)/t7-,8-,9-,10?/m1/s1. The molecule has 1 aromatic heterocycles. The maximum atomic E-state index is 11.0. The lowest BCUT2D eigenvalue weighted by Crippen LogP contribution is -2.32. The van der Waals surface area contributed by atoms with Crippen LogP contribution in [0.3, 0.4) is 0 Å². The van der Waals surface area contributed by atoms with Crippen molar-refractivity contribution in [3.63, 3.8) is 0 Å². The molecule has 18 heavy (non-hydrogen) atoms. The summed E-state index contributed by atoms with van der Waals surface area (Å²) >= 11 is 0. The van der Waals surface area contributed by atoms with Gasteiger partial charge in [0, 0.05) is 18.0 Å². The number of aliphatic hydroxyl groups is 3. The number of aromatic nitrogens is 1. The third-order valence-electron chi connectivity index (χ3n) is 2.93. The summed E-state index contributed by atoms with van der Waals surface area (Å²) in [6, 6.07) is 1.41. The number of ether oxygens (including phenoxy) is 1. The number of aromatic carboxylic acids is 1. The molecule has 1 aliphatic rings. The van der Waals surface area contributed by atoms with Crippen LogP contribution in [0.15, 0.2) is 18.5 Å². The summed E-state index contributed by atoms with van der Waals surface area (Å²) in [6.07, 6.45) is -1.95. The monoisotopic (exact) mass is 255 g/mol. The Balaban J connectivity index is 2.35. The largest absolute Gasteiger partial charge is 0.478 e. The van der Waals surface area contributed by atoms with Gasteiger partial charge in [0.1, 0.15) is 24.4 Å². The Labute approximate surface area is 102 Å². The summed E-state index contributed by atoms with van der Waals surface area (Å²) in [4.78, 5) is 14.7. The van der Waals surface area contributed by atoms with Crippen LogP contribution in [-0.2, 0) is 4.74 Å². The van der Waals surface area contributed by atoms with E-state index in [-0.39, 0.29) is 11.1 Å². The quantitative estimate of drug-likeness (QED) is 0.543. The molecule has 4 atom stereocenters. The number of nitrogens with zero attached hydrogens (tertiary/aromatic N) is 1. The van der Waals surface area contributed by atoms with E-state index in [1.807, 2.05) is 0 Å². The van der Waals surface area contributed by atoms with E-state index >= 15 is 0 Å². The summed E-state index contributed by atoms with van der Waals surface area (Å²) in [6.45, 7) is -0.456. The zero-order valence-electron chi connectivity index (χ0n) is 9.30. The van der Waals surface area contributed by atoms with Crippen LogP contribution in [-0.4, -0.2) is 56.3 Å². The van der Waals surface area contributed by atoms with Gasteiger partial charge in [-0.1, -0.05) is 0 Å². The Morgan fingerprint density at radius 3 is 2.67 bits per heavy atom. The SMILES string of the molecule is O=C(O)c1cnccc1C1O[C@H](CO)[C@@H](O)[C@H]1O. The highest BCUT2D eigenvalue weighted by molar-refractivity contribution is 5.89. The second-order valence-corrected chi connectivity index (χ2v) is 4.03. The van der Waals surface area contributed by atoms with Gasteiger partial charge in [0.2, 0.25) is 0 Å². The molecule has 0 radical (unpaired) electrons. The maximum absolute atomic E-state index is 11.0. The number of carboxylic acid groups (broad SMARTS) is 1. The van der Waals surface area contributed by atoms with Crippen LogP contribution in [0.1, 0.15) is 22.0 Å². The molecule has 0 aromatic carbocycles. The molecule has 1 fully saturated rings. The summed E-state index contributed by atoms with van der Waals surface area (Å²) < 4.78 is 5.27. The predicted molar refractivity (Wildman–Crippen MR) is 57.9 cm³/mol. The fraction of sp³-hybridized carbons (Fsp3) is 0.455. The van der Waals surface area contributed by atoms with Crippen molar-refractivity contribution in [1.29, 1.82) is 0 Å². The molecule has 2 rings (SSSR count). The van der Waals surface area contributed by atoms with Crippen molar-refractivity contribution in [2.45, 2.75) is 24.4 Å². The van der Waals surface area contributed by atoms with Crippen LogP contribution in [0.25, 0.3) is 0 Å². The molecule has 7 heteroatoms. The first-order valence-corrected chi connectivity index (χ1v) is 5.36. The lowest BCUT2D eigenvalue weighted by Gasteiger charge is -2.16. The number of pyridine rings is 1. The number of hydrogen-bond acceptors (Lipinski definition) is 6. The minimum Gasteiger partial charge on any atom is -0.478 e. The Morgan fingerprint density at radius 2 is 2.11 bits per heavy atom. The van der Waals surface area contributed by atoms with Gasteiger partial charge in [-0.25, -0.2) is 4.79 Å². The molecular weight excluding hydrogens is 242 g/mol. The smallest absolute Gasteiger partial charge is 0.337 e. The number of aliphatic hydroxyl groups excluding tert-OH is 3. The average Bonchev–Trinajstić information content (AvgIpc) is 2.66. The average molecular weight is 255 g/mol. The van der Waals surface area contributed by atoms with Gasteiger partial charge in [0.05, 0.1) is 12.2 Å². The van der Waals surface area contributed by atoms with Gasteiger partial charge in [-0.3, -0.25) is 4.98 Å². The molecule has 0 aliphatic carbocycles. The maximum Gasteiger partial charge on any atom is 0.337 e. The van der Waals surface area contributed by atoms with Crippen LogP contribution >= 0.6 is 0 Å². The Morgan fingerprint density at radius 1 is 1.39 bits per heavy atom. The molecule has 2 heterocycles. The summed E-state index contributed by atoms with van der Waals surface area (Å²) in [5, 5.41) is 37.4. The molecule has 0 bridgehead atoms. The molecule has 4 N–H and O–H groups in total. The number of carbonyl (C=O) groups is 1. The molecule has 0 saturated carbocycles. The molecule has 0 spiro atoms. The van der Waals surface area contributed by atoms with E-state index in [1.54, 1.807) is 0 Å². The van der Waals surface area contributed by atoms with Gasteiger partial charge in [-0.2, -0.15) is 0 Å². The molecule has 1 aromatic rings. The van der Waals surface area contributed by atoms with Crippen molar-refractivity contribution in [2.24, 2.45) is 0 Å². The van der Waals surface area contributed by atoms with Crippen LogP contribution in [0.4, 0.5) is 0 Å². The fourth-order valence-electron chi connectivity index (χ4n) is 1.99. The van der Waals surface area contributed by atoms with Crippen LogP contribution < -0.4 is 0 Å². The summed E-state index contributed by atoms with van der Waals surface area (Å²) in [7, 11) is 0. The van der Waals surface area contributed by atoms with E-state index in [0.717, 1.165) is 6.20 Å². The Bertz CT molecular complexity index is 451. The van der Waals surface area contributed by atoms with Gasteiger partial charge in [0.25, 0.3) is 0 Å². The first-order chi connectivity index (χ1) is 8.56. The van der Waals surface area contributed by atoms with Crippen molar-refractivity contribution in [1.82, 2.24) is 4.98 Å². The summed E-state index contributed by atoms with van der Waals surface area (Å²) in [5.74, 6) is -1.20. The third kappa shape index (κ3) is 2.08. The minimum absolute atomic E-state index is 0.104. The van der Waals surface area contributed by atoms with Gasteiger partial charge in [-0.05, 0) is 6.07 Å². The van der Waals surface area contributed by atoms with Gasteiger partial charge < -0.3 is 25.2 Å². The van der Waals surface area contributed by atoms with Crippen LogP contribution in [0.5, 0.6) is 0 Å². The molecule has 0 amide bonds. The van der Waals surface area contributed by atoms with Crippen LogP contribution in [0.2, 0.25) is 0 Å². The van der Waals surface area contributed by atoms with Crippen molar-refractivity contribution in [3.8, 4) is 0 Å². The Hall–Kier alpha value is -1.54. The second kappa shape index (κ2) is 4.99. The second-order valence-electron chi connectivity index (χ2n) is 4.03. The molecule has 1 saturated heterocycles. The molecule has 98 valence electrons. The van der Waals surface area contributed by atoms with E-state index in [9.17, 15) is 15.0 Å². The molecule has 7 nitrogen and oxygen atoms in total. The lowest BCUT2D eigenvalue weighted by molar-refractivity contribution is -0.0230. The molecule has 1 aliphatic heterocycles. The first-order valence-electron chi connectivity index (χ1n) is 5.36. The zero-order chi connectivity index (χ0) is 13.3. The summed E-state index contributed by atoms with van der Waals surface area (Å²) in [5.41, 5.74) is 0.118. The first kappa shape index (κ1) is 12.9. The molecule has 1 unspecified atom stereocenters. The van der Waals surface area contributed by atoms with Gasteiger partial charge >= 0.3 is 5.97 Å². The third-order valence-corrected chi connectivity index (χ3v) is 2.93. The number of rotatable bonds is 3. The van der Waals surface area contributed by atoms with Crippen molar-refractivity contribution in [2.75, 3.05) is 6.61 Å². The number of hydrogen-bond donors (Lipinski definition) is 4. The van der Waals surface area contributed by atoms with Gasteiger partial charge in [0.15, 0.2) is 0 Å². The Kier molecular flexibility index (Phi) is 3.58. The molecular formula is C11H13NO6. The van der Waals surface area contributed by atoms with E-state index in [0.29, 0.717) is 0 Å². The number of carboxylic acids is 1. The highest BCUT2D eigenvalue weighted by Gasteiger charge is 2.44. The minimum atomic E-state index is -1.29. The van der Waals surface area contributed by atoms with Gasteiger partial charge in [-0.15, -0.1) is 0 Å². The topological polar surface area (TPSA) is 120 Å². The van der Waals surface area contributed by atoms with Crippen molar-refractivity contribution < 1.29 is 30.0 Å². The van der Waals surface area contributed by atoms with E-state index in [1.165, 1.54) is 12.3 Å². The van der Waals surface area contributed by atoms with E-state index < -0.39 is 37.0 Å². The highest BCUT2D eigenvalue weighted by atomic mass is 16.6. The van der Waals surface area contributed by atoms with E-state index in [2.05, 4.69) is 4.98 Å². The fourth-order valence-corrected chi connectivity index (χ4v) is 1.99. The van der Waals surface area contributed by atoms with Crippen molar-refractivity contribution >= 4 is 5.97 Å². The van der Waals surface area contributed by atoms with Crippen LogP contribution in [0, 0.1) is 0 Å². The predicted octanol–water partition coefficient (Wildman–Crippen LogP) is -1.07. The lowest BCUT2D eigenvalue weighted by atomic mass is 9.99. The van der Waals surface area contributed by atoms with Crippen molar-refractivity contribution in [3.05, 3.63) is 29.6 Å². The van der Waals surface area contributed by atoms with E-state index in [4.69, 9.17) is 14.9 Å².